The first-order chi connectivity index (χ1) is 15.7. The number of benzene rings is 1. The molecule has 0 spiro atoms. The maximum absolute atomic E-state index is 13.7. The number of allylic oxidation sites excluding steroid dienone is 1. The molecule has 2 aromatic rings. The summed E-state index contributed by atoms with van der Waals surface area (Å²) in [4.78, 5) is 22.0. The number of pyridine rings is 1. The van der Waals surface area contributed by atoms with Crippen molar-refractivity contribution >= 4 is 29.0 Å². The van der Waals surface area contributed by atoms with Crippen LogP contribution in [0.25, 0.3) is 5.70 Å². The van der Waals surface area contributed by atoms with Crippen LogP contribution in [0.5, 0.6) is 0 Å². The van der Waals surface area contributed by atoms with E-state index >= 15 is 0 Å². The number of aliphatic imine (C=N–C) groups is 1. The number of aromatic carboxylic acids is 1. The Morgan fingerprint density at radius 1 is 1.30 bits per heavy atom. The lowest BCUT2D eigenvalue weighted by atomic mass is 9.94. The van der Waals surface area contributed by atoms with Gasteiger partial charge in [-0.1, -0.05) is 12.7 Å². The molecule has 4 rings (SSSR count). The Labute approximate surface area is 189 Å². The predicted octanol–water partition coefficient (Wildman–Crippen LogP) is 5.86. The predicted molar refractivity (Wildman–Crippen MR) is 120 cm³/mol. The van der Waals surface area contributed by atoms with E-state index in [-0.39, 0.29) is 23.5 Å². The van der Waals surface area contributed by atoms with Crippen LogP contribution in [0.3, 0.4) is 0 Å². The second-order valence-electron chi connectivity index (χ2n) is 8.00. The summed E-state index contributed by atoms with van der Waals surface area (Å²) in [5, 5.41) is 12.2. The molecule has 0 saturated carbocycles. The first-order valence-corrected chi connectivity index (χ1v) is 10.5. The van der Waals surface area contributed by atoms with Gasteiger partial charge in [0.15, 0.2) is 0 Å². The number of amidine groups is 1. The highest BCUT2D eigenvalue weighted by Crippen LogP contribution is 2.42. The number of carboxylic acids is 1. The number of nitrogens with one attached hydrogen (secondary N) is 1. The minimum absolute atomic E-state index is 0.0703. The highest BCUT2D eigenvalue weighted by Gasteiger charge is 2.34. The number of carboxylic acid groups (broad SMARTS) is 1. The van der Waals surface area contributed by atoms with Gasteiger partial charge in [0.2, 0.25) is 0 Å². The van der Waals surface area contributed by atoms with E-state index in [1.165, 1.54) is 18.3 Å². The summed E-state index contributed by atoms with van der Waals surface area (Å²) < 4.78 is 41.0. The van der Waals surface area contributed by atoms with E-state index in [0.717, 1.165) is 43.4 Å². The van der Waals surface area contributed by atoms with Gasteiger partial charge in [-0.3, -0.25) is 0 Å². The summed E-state index contributed by atoms with van der Waals surface area (Å²) in [6.07, 6.45) is 2.87. The number of carbonyl (C=O) groups is 1. The highest BCUT2D eigenvalue weighted by molar-refractivity contribution is 6.07. The number of hydrogen-bond donors (Lipinski definition) is 2. The number of likely N-dealkylation sites (N-methyl/N-ethyl adjacent to an activating group) is 1. The van der Waals surface area contributed by atoms with Gasteiger partial charge < -0.3 is 15.3 Å². The number of halogens is 3. The van der Waals surface area contributed by atoms with Crippen LogP contribution in [0, 0.1) is 0 Å². The van der Waals surface area contributed by atoms with Crippen LogP contribution < -0.4 is 5.32 Å². The zero-order chi connectivity index (χ0) is 23.8. The molecule has 1 aliphatic heterocycles. The smallest absolute Gasteiger partial charge is 0.416 e. The van der Waals surface area contributed by atoms with Crippen LogP contribution in [0.15, 0.2) is 53.7 Å². The summed E-state index contributed by atoms with van der Waals surface area (Å²) in [6.45, 7) is 3.95. The molecule has 0 bridgehead atoms. The second-order valence-corrected chi connectivity index (χ2v) is 8.00. The molecule has 0 radical (unpaired) electrons. The quantitative estimate of drug-likeness (QED) is 0.590. The van der Waals surface area contributed by atoms with Crippen molar-refractivity contribution in [2.24, 2.45) is 4.99 Å². The number of fused-ring (bicyclic) bond motifs is 1. The molecule has 0 amide bonds. The Morgan fingerprint density at radius 2 is 2.09 bits per heavy atom. The van der Waals surface area contributed by atoms with Gasteiger partial charge in [0, 0.05) is 31.0 Å². The Balaban J connectivity index is 1.81. The fourth-order valence-electron chi connectivity index (χ4n) is 4.06. The van der Waals surface area contributed by atoms with Gasteiger partial charge >= 0.3 is 12.1 Å². The van der Waals surface area contributed by atoms with Crippen molar-refractivity contribution in [1.29, 1.82) is 0 Å². The molecule has 0 saturated heterocycles. The van der Waals surface area contributed by atoms with Crippen molar-refractivity contribution in [3.8, 4) is 0 Å². The minimum atomic E-state index is -4.56. The number of hydrogen-bond acceptors (Lipinski definition) is 5. The van der Waals surface area contributed by atoms with Gasteiger partial charge in [-0.15, -0.1) is 0 Å². The summed E-state index contributed by atoms with van der Waals surface area (Å²) in [6, 6.07) is 4.97. The zero-order valence-electron chi connectivity index (χ0n) is 18.0. The molecule has 0 fully saturated rings. The number of aromatic nitrogens is 1. The minimum Gasteiger partial charge on any atom is -0.478 e. The standard InChI is InChI=1S/C24H23F3N4O2/c1-14-19-12-17(24(25,26)27)11-16(13-29-21-18(23(32)33)9-6-10-28-21)20(19)30-22(31(14)2)15-7-4-3-5-8-15/h6-7,9-12H,1,3-5,8,13H2,2H3,(H,28,29)(H,32,33). The average molecular weight is 456 g/mol. The molecule has 1 aromatic heterocycles. The molecular formula is C24H23F3N4O2. The van der Waals surface area contributed by atoms with Crippen molar-refractivity contribution < 1.29 is 23.1 Å². The molecule has 1 aliphatic carbocycles. The fourth-order valence-corrected chi connectivity index (χ4v) is 4.06. The van der Waals surface area contributed by atoms with E-state index in [1.807, 2.05) is 0 Å². The highest BCUT2D eigenvalue weighted by atomic mass is 19.4. The molecule has 2 N–H and O–H groups in total. The summed E-state index contributed by atoms with van der Waals surface area (Å²) in [5.41, 5.74) is 1.56. The number of anilines is 1. The van der Waals surface area contributed by atoms with Crippen LogP contribution >= 0.6 is 0 Å². The van der Waals surface area contributed by atoms with Crippen molar-refractivity contribution in [2.75, 3.05) is 12.4 Å². The number of rotatable bonds is 5. The Hall–Kier alpha value is -3.62. The van der Waals surface area contributed by atoms with Gasteiger partial charge in [0.05, 0.1) is 11.3 Å². The van der Waals surface area contributed by atoms with E-state index in [2.05, 4.69) is 23.0 Å². The molecule has 0 atom stereocenters. The topological polar surface area (TPSA) is 77.8 Å². The lowest BCUT2D eigenvalue weighted by Crippen LogP contribution is -2.30. The summed E-state index contributed by atoms with van der Waals surface area (Å²) >= 11 is 0. The average Bonchev–Trinajstić information content (AvgIpc) is 2.79. The third kappa shape index (κ3) is 4.48. The van der Waals surface area contributed by atoms with E-state index in [1.54, 1.807) is 11.9 Å². The Morgan fingerprint density at radius 3 is 2.76 bits per heavy atom. The van der Waals surface area contributed by atoms with E-state index in [9.17, 15) is 23.1 Å². The van der Waals surface area contributed by atoms with Gasteiger partial charge in [0.25, 0.3) is 0 Å². The maximum atomic E-state index is 13.7. The van der Waals surface area contributed by atoms with E-state index in [0.29, 0.717) is 22.8 Å². The lowest BCUT2D eigenvalue weighted by Gasteiger charge is -2.32. The second kappa shape index (κ2) is 8.73. The largest absolute Gasteiger partial charge is 0.478 e. The molecule has 2 aliphatic rings. The van der Waals surface area contributed by atoms with Gasteiger partial charge in [0.1, 0.15) is 17.2 Å². The van der Waals surface area contributed by atoms with Crippen molar-refractivity contribution in [3.63, 3.8) is 0 Å². The lowest BCUT2D eigenvalue weighted by molar-refractivity contribution is -0.137. The van der Waals surface area contributed by atoms with Crippen LogP contribution in [0.4, 0.5) is 24.7 Å². The first-order valence-electron chi connectivity index (χ1n) is 10.5. The normalized spacial score (nSPS) is 16.1. The molecule has 2 heterocycles. The van der Waals surface area contributed by atoms with Crippen LogP contribution in [0.1, 0.15) is 52.7 Å². The molecule has 1 aromatic carbocycles. The van der Waals surface area contributed by atoms with Crippen molar-refractivity contribution in [2.45, 2.75) is 38.4 Å². The van der Waals surface area contributed by atoms with E-state index < -0.39 is 17.7 Å². The van der Waals surface area contributed by atoms with E-state index in [4.69, 9.17) is 4.99 Å². The van der Waals surface area contributed by atoms with Crippen molar-refractivity contribution in [3.05, 3.63) is 70.9 Å². The summed E-state index contributed by atoms with van der Waals surface area (Å²) in [7, 11) is 1.75. The van der Waals surface area contributed by atoms with Crippen LogP contribution in [0.2, 0.25) is 0 Å². The number of alkyl halides is 3. The number of nitrogens with zero attached hydrogens (tertiary/aromatic N) is 3. The molecule has 33 heavy (non-hydrogen) atoms. The summed E-state index contributed by atoms with van der Waals surface area (Å²) in [5.74, 6) is -0.435. The Kier molecular flexibility index (Phi) is 5.97. The third-order valence-corrected chi connectivity index (χ3v) is 5.83. The van der Waals surface area contributed by atoms with Crippen LogP contribution in [-0.4, -0.2) is 33.8 Å². The van der Waals surface area contributed by atoms with Crippen LogP contribution in [-0.2, 0) is 12.7 Å². The maximum Gasteiger partial charge on any atom is 0.416 e. The first kappa shape index (κ1) is 22.6. The van der Waals surface area contributed by atoms with Gasteiger partial charge in [-0.05, 0) is 61.1 Å². The van der Waals surface area contributed by atoms with Gasteiger partial charge in [-0.2, -0.15) is 13.2 Å². The van der Waals surface area contributed by atoms with Crippen molar-refractivity contribution in [1.82, 2.24) is 9.88 Å². The molecule has 172 valence electrons. The molecule has 9 heteroatoms. The molecule has 0 unspecified atom stereocenters. The Bertz CT molecular complexity index is 1180. The third-order valence-electron chi connectivity index (χ3n) is 5.83. The fraction of sp³-hybridized carbons (Fsp3) is 0.292. The zero-order valence-corrected chi connectivity index (χ0v) is 18.0. The SMILES string of the molecule is C=C1c2cc(C(F)(F)F)cc(CNc3ncccc3C(=O)O)c2N=C(C2=CCCCC2)N1C. The molecular weight excluding hydrogens is 433 g/mol. The molecule has 6 nitrogen and oxygen atoms in total. The van der Waals surface area contributed by atoms with Gasteiger partial charge in [-0.25, -0.2) is 14.8 Å². The monoisotopic (exact) mass is 456 g/mol.